The van der Waals surface area contributed by atoms with Crippen molar-refractivity contribution >= 4 is 0 Å². The minimum Gasteiger partial charge on any atom is -0.443 e. The van der Waals surface area contributed by atoms with Crippen LogP contribution in [0.2, 0.25) is 0 Å². The fourth-order valence-electron chi connectivity index (χ4n) is 2.95. The normalized spacial score (nSPS) is 10.4. The highest BCUT2D eigenvalue weighted by Crippen LogP contribution is 2.25. The summed E-state index contributed by atoms with van der Waals surface area (Å²) in [7, 11) is 0. The summed E-state index contributed by atoms with van der Waals surface area (Å²) in [6, 6.07) is 16.5. The Labute approximate surface area is 159 Å². The fourth-order valence-corrected chi connectivity index (χ4v) is 2.95. The summed E-state index contributed by atoms with van der Waals surface area (Å²) in [5.74, 6) is 2.47. The van der Waals surface area contributed by atoms with Crippen LogP contribution >= 0.6 is 0 Å². The zero-order valence-corrected chi connectivity index (χ0v) is 16.4. The minimum atomic E-state index is 0.721. The summed E-state index contributed by atoms with van der Waals surface area (Å²) in [6.45, 7) is 9.92. The number of nitrogens with zero attached hydrogens (tertiary/aromatic N) is 2. The molecule has 4 nitrogen and oxygen atoms in total. The molecule has 0 aliphatic rings. The average Bonchev–Trinajstić information content (AvgIpc) is 3.20. The second-order valence-electron chi connectivity index (χ2n) is 6.65. The Morgan fingerprint density at radius 3 is 1.74 bits per heavy atom. The van der Waals surface area contributed by atoms with Gasteiger partial charge in [0.25, 0.3) is 0 Å². The highest BCUT2D eigenvalue weighted by molar-refractivity contribution is 5.61. The van der Waals surface area contributed by atoms with Crippen LogP contribution in [-0.4, -0.2) is 9.97 Å². The van der Waals surface area contributed by atoms with Gasteiger partial charge in [0.05, 0.1) is 11.4 Å². The second-order valence-corrected chi connectivity index (χ2v) is 6.65. The summed E-state index contributed by atoms with van der Waals surface area (Å²) in [6.07, 6.45) is 1.48. The Kier molecular flexibility index (Phi) is 5.55. The molecule has 138 valence electrons. The van der Waals surface area contributed by atoms with Crippen molar-refractivity contribution in [3.63, 3.8) is 0 Å². The number of benzene rings is 2. The highest BCUT2D eigenvalue weighted by atomic mass is 16.4. The van der Waals surface area contributed by atoms with E-state index in [4.69, 9.17) is 8.83 Å². The third-order valence-corrected chi connectivity index (χ3v) is 4.21. The molecule has 4 rings (SSSR count). The third-order valence-electron chi connectivity index (χ3n) is 4.21. The largest absolute Gasteiger partial charge is 0.443 e. The van der Waals surface area contributed by atoms with E-state index in [9.17, 15) is 0 Å². The van der Waals surface area contributed by atoms with Crippen molar-refractivity contribution in [2.75, 3.05) is 0 Å². The maximum atomic E-state index is 5.54. The van der Waals surface area contributed by atoms with Gasteiger partial charge in [-0.1, -0.05) is 47.5 Å². The molecule has 0 atom stereocenters. The topological polar surface area (TPSA) is 52.1 Å². The third kappa shape index (κ3) is 4.53. The summed E-state index contributed by atoms with van der Waals surface area (Å²) >= 11 is 0. The van der Waals surface area contributed by atoms with E-state index in [2.05, 4.69) is 48.1 Å². The van der Waals surface area contributed by atoms with Crippen molar-refractivity contribution in [3.8, 4) is 22.6 Å². The second kappa shape index (κ2) is 8.04. The number of aromatic nitrogens is 2. The number of hydrogen-bond donors (Lipinski definition) is 0. The van der Waals surface area contributed by atoms with Crippen LogP contribution in [0.1, 0.15) is 28.4 Å². The van der Waals surface area contributed by atoms with E-state index < -0.39 is 0 Å². The Balaban J connectivity index is 0.000000156. The van der Waals surface area contributed by atoms with Crippen molar-refractivity contribution in [1.82, 2.24) is 9.97 Å². The molecule has 0 amide bonds. The molecule has 0 saturated heterocycles. The zero-order valence-electron chi connectivity index (χ0n) is 16.4. The molecule has 0 spiro atoms. The molecule has 0 radical (unpaired) electrons. The van der Waals surface area contributed by atoms with E-state index in [1.54, 1.807) is 0 Å². The first-order valence-electron chi connectivity index (χ1n) is 8.92. The van der Waals surface area contributed by atoms with Gasteiger partial charge in [-0.05, 0) is 39.8 Å². The molecule has 4 aromatic rings. The lowest BCUT2D eigenvalue weighted by molar-refractivity contribution is 0.534. The van der Waals surface area contributed by atoms with Gasteiger partial charge in [-0.25, -0.2) is 9.97 Å². The van der Waals surface area contributed by atoms with Gasteiger partial charge < -0.3 is 8.83 Å². The highest BCUT2D eigenvalue weighted by Gasteiger charge is 2.08. The summed E-state index contributed by atoms with van der Waals surface area (Å²) < 4.78 is 10.8. The monoisotopic (exact) mass is 360 g/mol. The molecule has 2 heterocycles. The van der Waals surface area contributed by atoms with Crippen LogP contribution in [0, 0.1) is 34.6 Å². The van der Waals surface area contributed by atoms with Gasteiger partial charge in [0.1, 0.15) is 0 Å². The number of oxazole rings is 2. The molecule has 0 aliphatic heterocycles. The molecule has 4 heteroatoms. The van der Waals surface area contributed by atoms with E-state index >= 15 is 0 Å². The predicted molar refractivity (Wildman–Crippen MR) is 108 cm³/mol. The fraction of sp³-hybridized carbons (Fsp3) is 0.217. The predicted octanol–water partition coefficient (Wildman–Crippen LogP) is 6.23. The minimum absolute atomic E-state index is 0.721. The number of aryl methyl sites for hydroxylation is 5. The molecular weight excluding hydrogens is 336 g/mol. The lowest BCUT2D eigenvalue weighted by atomic mass is 10.1. The van der Waals surface area contributed by atoms with Crippen LogP contribution in [0.5, 0.6) is 0 Å². The first-order valence-corrected chi connectivity index (χ1v) is 8.92. The molecule has 2 aromatic carbocycles. The SMILES string of the molecule is Cc1cccc(-c2oc(C)nc2C)c1.Cc1cccc(-c2ocnc2C)c1. The van der Waals surface area contributed by atoms with Crippen LogP contribution in [0.3, 0.4) is 0 Å². The Hall–Kier alpha value is -3.14. The van der Waals surface area contributed by atoms with E-state index in [-0.39, 0.29) is 0 Å². The number of rotatable bonds is 2. The Morgan fingerprint density at radius 1 is 0.704 bits per heavy atom. The molecule has 0 fully saturated rings. The van der Waals surface area contributed by atoms with E-state index in [1.807, 2.05) is 45.0 Å². The molecular formula is C23H24N2O2. The van der Waals surface area contributed by atoms with Gasteiger partial charge in [0.2, 0.25) is 0 Å². The van der Waals surface area contributed by atoms with Gasteiger partial charge in [-0.3, -0.25) is 0 Å². The van der Waals surface area contributed by atoms with Gasteiger partial charge in [-0.15, -0.1) is 0 Å². The maximum Gasteiger partial charge on any atom is 0.192 e. The smallest absolute Gasteiger partial charge is 0.192 e. The van der Waals surface area contributed by atoms with E-state index in [0.29, 0.717) is 0 Å². The van der Waals surface area contributed by atoms with Crippen LogP contribution in [0.4, 0.5) is 0 Å². The van der Waals surface area contributed by atoms with Crippen molar-refractivity contribution in [2.45, 2.75) is 34.6 Å². The van der Waals surface area contributed by atoms with Crippen LogP contribution in [-0.2, 0) is 0 Å². The van der Waals surface area contributed by atoms with E-state index in [0.717, 1.165) is 39.9 Å². The lowest BCUT2D eigenvalue weighted by Gasteiger charge is -1.98. The first-order chi connectivity index (χ1) is 12.9. The van der Waals surface area contributed by atoms with Crippen LogP contribution < -0.4 is 0 Å². The maximum absolute atomic E-state index is 5.54. The Bertz CT molecular complexity index is 1040. The van der Waals surface area contributed by atoms with Gasteiger partial charge in [0.15, 0.2) is 23.8 Å². The molecule has 0 unspecified atom stereocenters. The number of hydrogen-bond acceptors (Lipinski definition) is 4. The lowest BCUT2D eigenvalue weighted by Crippen LogP contribution is -1.79. The van der Waals surface area contributed by atoms with Crippen molar-refractivity contribution in [3.05, 3.63) is 83.3 Å². The molecule has 0 N–H and O–H groups in total. The van der Waals surface area contributed by atoms with Gasteiger partial charge >= 0.3 is 0 Å². The van der Waals surface area contributed by atoms with Crippen LogP contribution in [0.15, 0.2) is 63.8 Å². The van der Waals surface area contributed by atoms with Gasteiger partial charge in [0, 0.05) is 18.1 Å². The quantitative estimate of drug-likeness (QED) is 0.425. The van der Waals surface area contributed by atoms with Crippen molar-refractivity contribution < 1.29 is 8.83 Å². The van der Waals surface area contributed by atoms with E-state index in [1.165, 1.54) is 17.5 Å². The standard InChI is InChI=1S/C12H13NO.C11H11NO/c1-8-5-4-6-11(7-8)12-9(2)13-10(3)14-12;1-8-4-3-5-10(6-8)11-9(2)12-7-13-11/h4-7H,1-3H3;3-7H,1-2H3. The molecule has 0 aliphatic carbocycles. The van der Waals surface area contributed by atoms with Crippen LogP contribution in [0.25, 0.3) is 22.6 Å². The molecule has 0 saturated carbocycles. The van der Waals surface area contributed by atoms with Crippen molar-refractivity contribution in [1.29, 1.82) is 0 Å². The summed E-state index contributed by atoms with van der Waals surface area (Å²) in [4.78, 5) is 8.31. The zero-order chi connectivity index (χ0) is 19.4. The molecule has 27 heavy (non-hydrogen) atoms. The summed E-state index contributed by atoms with van der Waals surface area (Å²) in [5.41, 5.74) is 6.54. The van der Waals surface area contributed by atoms with Gasteiger partial charge in [-0.2, -0.15) is 0 Å². The molecule has 0 bridgehead atoms. The first kappa shape index (κ1) is 18.6. The molecule has 2 aromatic heterocycles. The Morgan fingerprint density at radius 2 is 1.30 bits per heavy atom. The van der Waals surface area contributed by atoms with Crippen molar-refractivity contribution in [2.24, 2.45) is 0 Å². The summed E-state index contributed by atoms with van der Waals surface area (Å²) in [5, 5.41) is 0. The average molecular weight is 360 g/mol.